The predicted octanol–water partition coefficient (Wildman–Crippen LogP) is 1.13. The Kier molecular flexibility index (Phi) is 3.07. The van der Waals surface area contributed by atoms with Crippen molar-refractivity contribution >= 4 is 42.3 Å². The third-order valence-corrected chi connectivity index (χ3v) is 8.22. The van der Waals surface area contributed by atoms with Gasteiger partial charge < -0.3 is 9.47 Å². The van der Waals surface area contributed by atoms with Crippen molar-refractivity contribution in [2.75, 3.05) is 0 Å². The molecule has 2 aliphatic heterocycles. The summed E-state index contributed by atoms with van der Waals surface area (Å²) < 4.78 is 9.47. The first-order valence-electron chi connectivity index (χ1n) is 7.62. The first-order valence-corrected chi connectivity index (χ1v) is 10.6. The normalized spacial score (nSPS) is 15.8. The van der Waals surface area contributed by atoms with Crippen LogP contribution in [0.5, 0.6) is 0 Å². The van der Waals surface area contributed by atoms with Crippen LogP contribution in [0.15, 0.2) is 36.4 Å². The first-order chi connectivity index (χ1) is 11.8. The fourth-order valence-electron chi connectivity index (χ4n) is 3.45. The SMILES string of the molecule is C[Si](C)(c1cccc2c1C(=O)OC2=O)c1cccc2c1C(=O)OC2=O. The van der Waals surface area contributed by atoms with Crippen LogP contribution in [0, 0.1) is 0 Å². The maximum absolute atomic E-state index is 12.2. The minimum Gasteiger partial charge on any atom is -0.386 e. The number of cyclic esters (lactones) is 4. The highest BCUT2D eigenvalue weighted by atomic mass is 28.3. The van der Waals surface area contributed by atoms with Crippen molar-refractivity contribution in [1.29, 1.82) is 0 Å². The van der Waals surface area contributed by atoms with Gasteiger partial charge in [0.2, 0.25) is 0 Å². The van der Waals surface area contributed by atoms with Crippen LogP contribution in [0.25, 0.3) is 0 Å². The Balaban J connectivity index is 1.98. The molecule has 0 radical (unpaired) electrons. The highest BCUT2D eigenvalue weighted by Gasteiger charge is 2.42. The number of fused-ring (bicyclic) bond motifs is 2. The molecule has 0 saturated carbocycles. The largest absolute Gasteiger partial charge is 0.386 e. The number of hydrogen-bond acceptors (Lipinski definition) is 6. The molecular weight excluding hydrogens is 340 g/mol. The average Bonchev–Trinajstić information content (AvgIpc) is 3.04. The van der Waals surface area contributed by atoms with Gasteiger partial charge in [-0.05, 0) is 22.5 Å². The van der Waals surface area contributed by atoms with Gasteiger partial charge in [0.15, 0.2) is 0 Å². The summed E-state index contributed by atoms with van der Waals surface area (Å²) in [7, 11) is -2.62. The Bertz CT molecular complexity index is 925. The van der Waals surface area contributed by atoms with Crippen LogP contribution in [-0.2, 0) is 9.47 Å². The van der Waals surface area contributed by atoms with Crippen molar-refractivity contribution in [3.8, 4) is 0 Å². The molecule has 2 aromatic rings. The molecule has 0 spiro atoms. The summed E-state index contributed by atoms with van der Waals surface area (Å²) in [4.78, 5) is 48.0. The molecule has 2 aromatic carbocycles. The highest BCUT2D eigenvalue weighted by Crippen LogP contribution is 2.24. The Hall–Kier alpha value is -3.06. The summed E-state index contributed by atoms with van der Waals surface area (Å²) in [5.41, 5.74) is 0.961. The topological polar surface area (TPSA) is 86.7 Å². The Morgan fingerprint density at radius 3 is 1.44 bits per heavy atom. The van der Waals surface area contributed by atoms with E-state index >= 15 is 0 Å². The van der Waals surface area contributed by atoms with Crippen LogP contribution < -0.4 is 10.4 Å². The number of esters is 4. The van der Waals surface area contributed by atoms with Gasteiger partial charge in [-0.2, -0.15) is 0 Å². The number of benzene rings is 2. The molecule has 0 aliphatic carbocycles. The molecule has 0 amide bonds. The Labute approximate surface area is 143 Å². The van der Waals surface area contributed by atoms with Crippen molar-refractivity contribution < 1.29 is 28.7 Å². The lowest BCUT2D eigenvalue weighted by Crippen LogP contribution is -2.56. The summed E-state index contributed by atoms with van der Waals surface area (Å²) in [6.45, 7) is 3.90. The van der Waals surface area contributed by atoms with Crippen LogP contribution in [0.1, 0.15) is 41.4 Å². The number of rotatable bonds is 2. The van der Waals surface area contributed by atoms with Gasteiger partial charge in [0.05, 0.1) is 22.3 Å². The van der Waals surface area contributed by atoms with Gasteiger partial charge in [-0.1, -0.05) is 37.4 Å². The standard InChI is InChI=1S/C18H12O6Si/c1-25(2,11-7-3-5-9-13(11)17(21)23-15(9)19)12-8-4-6-10-14(12)18(22)24-16(10)20/h3-8H,1-2H3. The highest BCUT2D eigenvalue weighted by molar-refractivity contribution is 7.01. The van der Waals surface area contributed by atoms with Crippen molar-refractivity contribution in [3.63, 3.8) is 0 Å². The lowest BCUT2D eigenvalue weighted by atomic mass is 10.1. The quantitative estimate of drug-likeness (QED) is 0.457. The second-order valence-electron chi connectivity index (χ2n) is 6.44. The van der Waals surface area contributed by atoms with Crippen molar-refractivity contribution in [2.45, 2.75) is 13.1 Å². The fraction of sp³-hybridized carbons (Fsp3) is 0.111. The van der Waals surface area contributed by atoms with E-state index in [0.29, 0.717) is 10.4 Å². The zero-order chi connectivity index (χ0) is 17.9. The summed E-state index contributed by atoms with van der Waals surface area (Å²) in [5.74, 6) is -2.69. The predicted molar refractivity (Wildman–Crippen MR) is 89.1 cm³/mol. The molecule has 124 valence electrons. The summed E-state index contributed by atoms with van der Waals surface area (Å²) in [6.07, 6.45) is 0. The summed E-state index contributed by atoms with van der Waals surface area (Å²) >= 11 is 0. The number of hydrogen-bond donors (Lipinski definition) is 0. The van der Waals surface area contributed by atoms with E-state index < -0.39 is 32.0 Å². The van der Waals surface area contributed by atoms with Gasteiger partial charge in [0.1, 0.15) is 8.07 Å². The third kappa shape index (κ3) is 2.02. The van der Waals surface area contributed by atoms with Gasteiger partial charge >= 0.3 is 23.9 Å². The van der Waals surface area contributed by atoms with Crippen LogP contribution in [-0.4, -0.2) is 32.0 Å². The number of carbonyl (C=O) groups is 4. The second kappa shape index (κ2) is 4.97. The van der Waals surface area contributed by atoms with E-state index in [1.807, 2.05) is 13.1 Å². The van der Waals surface area contributed by atoms with E-state index in [1.54, 1.807) is 36.4 Å². The van der Waals surface area contributed by atoms with E-state index in [0.717, 1.165) is 0 Å². The Morgan fingerprint density at radius 2 is 1.04 bits per heavy atom. The van der Waals surface area contributed by atoms with Crippen LogP contribution in [0.3, 0.4) is 0 Å². The smallest absolute Gasteiger partial charge is 0.346 e. The summed E-state index contributed by atoms with van der Waals surface area (Å²) in [5, 5.41) is 1.36. The molecule has 0 N–H and O–H groups in total. The minimum absolute atomic E-state index is 0.231. The molecule has 4 rings (SSSR count). The second-order valence-corrected chi connectivity index (χ2v) is 10.8. The molecule has 2 heterocycles. The average molecular weight is 352 g/mol. The first kappa shape index (κ1) is 15.5. The molecule has 2 aliphatic rings. The monoisotopic (exact) mass is 352 g/mol. The van der Waals surface area contributed by atoms with Crippen LogP contribution in [0.2, 0.25) is 13.1 Å². The van der Waals surface area contributed by atoms with Gasteiger partial charge in [-0.3, -0.25) is 0 Å². The maximum Gasteiger partial charge on any atom is 0.346 e. The lowest BCUT2D eigenvalue weighted by molar-refractivity contribution is 0.0426. The number of ether oxygens (including phenoxy) is 2. The molecule has 0 aromatic heterocycles. The molecule has 0 bridgehead atoms. The lowest BCUT2D eigenvalue weighted by Gasteiger charge is -2.26. The van der Waals surface area contributed by atoms with Gasteiger partial charge in [0, 0.05) is 0 Å². The third-order valence-electron chi connectivity index (χ3n) is 4.69. The molecule has 0 fully saturated rings. The van der Waals surface area contributed by atoms with Gasteiger partial charge in [0.25, 0.3) is 0 Å². The molecular formula is C18H12O6Si. The van der Waals surface area contributed by atoms with E-state index in [-0.39, 0.29) is 22.3 Å². The van der Waals surface area contributed by atoms with Gasteiger partial charge in [-0.25, -0.2) is 19.2 Å². The van der Waals surface area contributed by atoms with E-state index in [1.165, 1.54) is 0 Å². The molecule has 0 unspecified atom stereocenters. The number of carbonyl (C=O) groups excluding carboxylic acids is 4. The van der Waals surface area contributed by atoms with Gasteiger partial charge in [-0.15, -0.1) is 0 Å². The van der Waals surface area contributed by atoms with Crippen LogP contribution >= 0.6 is 0 Å². The maximum atomic E-state index is 12.2. The summed E-state index contributed by atoms with van der Waals surface area (Å²) in [6, 6.07) is 10.0. The fourth-order valence-corrected chi connectivity index (χ4v) is 6.49. The van der Waals surface area contributed by atoms with Crippen molar-refractivity contribution in [2.24, 2.45) is 0 Å². The van der Waals surface area contributed by atoms with Crippen molar-refractivity contribution in [3.05, 3.63) is 58.7 Å². The van der Waals surface area contributed by atoms with Crippen LogP contribution in [0.4, 0.5) is 0 Å². The molecule has 7 heteroatoms. The zero-order valence-corrected chi connectivity index (χ0v) is 14.4. The zero-order valence-electron chi connectivity index (χ0n) is 13.4. The molecule has 6 nitrogen and oxygen atoms in total. The molecule has 25 heavy (non-hydrogen) atoms. The molecule has 0 atom stereocenters. The Morgan fingerprint density at radius 1 is 0.640 bits per heavy atom. The minimum atomic E-state index is -2.62. The molecule has 0 saturated heterocycles. The van der Waals surface area contributed by atoms with E-state index in [2.05, 4.69) is 0 Å². The van der Waals surface area contributed by atoms with E-state index in [4.69, 9.17) is 9.47 Å². The van der Waals surface area contributed by atoms with Crippen molar-refractivity contribution in [1.82, 2.24) is 0 Å². The van der Waals surface area contributed by atoms with E-state index in [9.17, 15) is 19.2 Å².